The van der Waals surface area contributed by atoms with Gasteiger partial charge in [0.25, 0.3) is 5.91 Å². The van der Waals surface area contributed by atoms with Gasteiger partial charge in [0.15, 0.2) is 5.82 Å². The van der Waals surface area contributed by atoms with Crippen LogP contribution in [0.25, 0.3) is 0 Å². The highest BCUT2D eigenvalue weighted by Crippen LogP contribution is 2.15. The van der Waals surface area contributed by atoms with Gasteiger partial charge in [-0.1, -0.05) is 19.8 Å². The number of H-pyrrole nitrogens is 1. The van der Waals surface area contributed by atoms with Gasteiger partial charge in [-0.2, -0.15) is 0 Å². The first-order valence-corrected chi connectivity index (χ1v) is 5.32. The van der Waals surface area contributed by atoms with Crippen molar-refractivity contribution in [2.75, 3.05) is 11.9 Å². The first-order valence-electron chi connectivity index (χ1n) is 4.94. The summed E-state index contributed by atoms with van der Waals surface area (Å²) in [4.78, 5) is 17.5. The summed E-state index contributed by atoms with van der Waals surface area (Å²) in [6.45, 7) is 2.88. The zero-order chi connectivity index (χ0) is 11.3. The topological polar surface area (TPSA) is 83.8 Å². The van der Waals surface area contributed by atoms with Crippen LogP contribution < -0.4 is 11.1 Å². The number of hydrogen-bond acceptors (Lipinski definition) is 3. The first-order chi connectivity index (χ1) is 7.15. The second kappa shape index (κ2) is 5.60. The number of imidazole rings is 1. The second-order valence-electron chi connectivity index (χ2n) is 3.25. The normalized spacial score (nSPS) is 10.3. The molecule has 0 bridgehead atoms. The summed E-state index contributed by atoms with van der Waals surface area (Å²) in [5.41, 5.74) is 5.38. The van der Waals surface area contributed by atoms with Crippen molar-refractivity contribution in [1.82, 2.24) is 9.97 Å². The molecule has 0 spiro atoms. The average Bonchev–Trinajstić information content (AvgIpc) is 2.55. The molecule has 1 aromatic heterocycles. The van der Waals surface area contributed by atoms with Gasteiger partial charge >= 0.3 is 0 Å². The summed E-state index contributed by atoms with van der Waals surface area (Å²) >= 11 is 5.64. The molecule has 0 aliphatic rings. The Morgan fingerprint density at radius 2 is 2.33 bits per heavy atom. The number of primary amides is 1. The first kappa shape index (κ1) is 11.8. The number of nitrogens with one attached hydrogen (secondary N) is 2. The Morgan fingerprint density at radius 3 is 2.93 bits per heavy atom. The molecule has 15 heavy (non-hydrogen) atoms. The Hall–Kier alpha value is -1.23. The largest absolute Gasteiger partial charge is 0.368 e. The van der Waals surface area contributed by atoms with Crippen molar-refractivity contribution in [1.29, 1.82) is 0 Å². The molecule has 0 fully saturated rings. The standard InChI is InChI=1S/C9H15ClN4O/c1-2-3-4-5-12-8-6(7(11)15)13-9(10)14-8/h12H,2-5H2,1H3,(H2,11,15)(H,13,14). The highest BCUT2D eigenvalue weighted by molar-refractivity contribution is 6.28. The predicted molar refractivity (Wildman–Crippen MR) is 60.1 cm³/mol. The van der Waals surface area contributed by atoms with E-state index >= 15 is 0 Å². The van der Waals surface area contributed by atoms with Gasteiger partial charge < -0.3 is 16.0 Å². The molecule has 0 aliphatic carbocycles. The van der Waals surface area contributed by atoms with E-state index in [0.717, 1.165) is 25.8 Å². The molecule has 1 aromatic rings. The smallest absolute Gasteiger partial charge is 0.269 e. The maximum atomic E-state index is 11.0. The lowest BCUT2D eigenvalue weighted by molar-refractivity contribution is 0.0997. The van der Waals surface area contributed by atoms with Crippen LogP contribution in [0, 0.1) is 0 Å². The summed E-state index contributed by atoms with van der Waals surface area (Å²) in [5.74, 6) is -0.129. The summed E-state index contributed by atoms with van der Waals surface area (Å²) < 4.78 is 0. The van der Waals surface area contributed by atoms with E-state index in [1.54, 1.807) is 0 Å². The third-order valence-electron chi connectivity index (χ3n) is 1.99. The molecule has 0 saturated heterocycles. The van der Waals surface area contributed by atoms with Gasteiger partial charge in [-0.05, 0) is 18.0 Å². The van der Waals surface area contributed by atoms with Crippen LogP contribution in [0.1, 0.15) is 36.7 Å². The zero-order valence-corrected chi connectivity index (χ0v) is 9.40. The van der Waals surface area contributed by atoms with Gasteiger partial charge in [0, 0.05) is 6.54 Å². The van der Waals surface area contributed by atoms with Crippen LogP contribution in [0.15, 0.2) is 0 Å². The number of carbonyl (C=O) groups excluding carboxylic acids is 1. The summed E-state index contributed by atoms with van der Waals surface area (Å²) in [5, 5.41) is 3.19. The molecular formula is C9H15ClN4O. The monoisotopic (exact) mass is 230 g/mol. The van der Waals surface area contributed by atoms with Crippen molar-refractivity contribution < 1.29 is 4.79 Å². The molecule has 84 valence electrons. The van der Waals surface area contributed by atoms with Crippen LogP contribution in [0.2, 0.25) is 5.28 Å². The van der Waals surface area contributed by atoms with E-state index in [1.807, 2.05) is 0 Å². The Kier molecular flexibility index (Phi) is 4.42. The summed E-state index contributed by atoms with van der Waals surface area (Å²) in [6, 6.07) is 0. The number of aromatic nitrogens is 2. The number of rotatable bonds is 6. The SMILES string of the molecule is CCCCCNc1nc(Cl)[nH]c1C(N)=O. The van der Waals surface area contributed by atoms with E-state index in [2.05, 4.69) is 22.2 Å². The summed E-state index contributed by atoms with van der Waals surface area (Å²) in [6.07, 6.45) is 3.31. The van der Waals surface area contributed by atoms with E-state index in [1.165, 1.54) is 0 Å². The molecule has 1 amide bonds. The van der Waals surface area contributed by atoms with Crippen LogP contribution in [-0.2, 0) is 0 Å². The van der Waals surface area contributed by atoms with Crippen molar-refractivity contribution in [2.24, 2.45) is 5.73 Å². The minimum Gasteiger partial charge on any atom is -0.368 e. The number of aromatic amines is 1. The van der Waals surface area contributed by atoms with Gasteiger partial charge in [-0.15, -0.1) is 0 Å². The van der Waals surface area contributed by atoms with E-state index in [0.29, 0.717) is 5.82 Å². The van der Waals surface area contributed by atoms with Gasteiger partial charge in [-0.3, -0.25) is 4.79 Å². The zero-order valence-electron chi connectivity index (χ0n) is 8.64. The van der Waals surface area contributed by atoms with Crippen molar-refractivity contribution in [3.8, 4) is 0 Å². The number of unbranched alkanes of at least 4 members (excludes halogenated alkanes) is 2. The van der Waals surface area contributed by atoms with Crippen LogP contribution in [0.4, 0.5) is 5.82 Å². The third kappa shape index (κ3) is 3.43. The lowest BCUT2D eigenvalue weighted by atomic mass is 10.2. The summed E-state index contributed by atoms with van der Waals surface area (Å²) in [7, 11) is 0. The molecule has 0 radical (unpaired) electrons. The van der Waals surface area contributed by atoms with E-state index in [9.17, 15) is 4.79 Å². The average molecular weight is 231 g/mol. The molecule has 0 unspecified atom stereocenters. The lowest BCUT2D eigenvalue weighted by Gasteiger charge is -2.03. The van der Waals surface area contributed by atoms with Crippen LogP contribution in [0.3, 0.4) is 0 Å². The van der Waals surface area contributed by atoms with E-state index in [-0.39, 0.29) is 11.0 Å². The number of halogens is 1. The molecule has 0 aromatic carbocycles. The van der Waals surface area contributed by atoms with Crippen molar-refractivity contribution in [2.45, 2.75) is 26.2 Å². The number of nitrogens with two attached hydrogens (primary N) is 1. The van der Waals surface area contributed by atoms with Crippen LogP contribution >= 0.6 is 11.6 Å². The van der Waals surface area contributed by atoms with E-state index < -0.39 is 5.91 Å². The Bertz CT molecular complexity index is 337. The number of carbonyl (C=O) groups is 1. The highest BCUT2D eigenvalue weighted by atomic mass is 35.5. The fourth-order valence-electron chi connectivity index (χ4n) is 1.23. The molecule has 4 N–H and O–H groups in total. The van der Waals surface area contributed by atoms with Crippen molar-refractivity contribution in [3.63, 3.8) is 0 Å². The maximum Gasteiger partial charge on any atom is 0.269 e. The minimum atomic E-state index is -0.563. The van der Waals surface area contributed by atoms with Gasteiger partial charge in [-0.25, -0.2) is 4.98 Å². The molecule has 0 atom stereocenters. The Labute approximate surface area is 93.4 Å². The lowest BCUT2D eigenvalue weighted by Crippen LogP contribution is -2.15. The fraction of sp³-hybridized carbons (Fsp3) is 0.556. The second-order valence-corrected chi connectivity index (χ2v) is 3.61. The number of nitrogens with zero attached hydrogens (tertiary/aromatic N) is 1. The predicted octanol–water partition coefficient (Wildman–Crippen LogP) is 1.76. The Balaban J connectivity index is 2.55. The molecule has 1 heterocycles. The van der Waals surface area contributed by atoms with Crippen LogP contribution in [-0.4, -0.2) is 22.4 Å². The van der Waals surface area contributed by atoms with Gasteiger partial charge in [0.1, 0.15) is 5.69 Å². The van der Waals surface area contributed by atoms with Crippen LogP contribution in [0.5, 0.6) is 0 Å². The van der Waals surface area contributed by atoms with Gasteiger partial charge in [0.05, 0.1) is 0 Å². The fourth-order valence-corrected chi connectivity index (χ4v) is 1.41. The quantitative estimate of drug-likeness (QED) is 0.651. The van der Waals surface area contributed by atoms with Gasteiger partial charge in [0.2, 0.25) is 5.28 Å². The number of hydrogen-bond donors (Lipinski definition) is 3. The van der Waals surface area contributed by atoms with E-state index in [4.69, 9.17) is 17.3 Å². The van der Waals surface area contributed by atoms with Crippen molar-refractivity contribution >= 4 is 23.3 Å². The Morgan fingerprint density at radius 1 is 1.60 bits per heavy atom. The number of amides is 1. The molecule has 1 rings (SSSR count). The third-order valence-corrected chi connectivity index (χ3v) is 2.17. The maximum absolute atomic E-state index is 11.0. The molecule has 0 saturated carbocycles. The molecule has 6 heteroatoms. The number of anilines is 1. The molecular weight excluding hydrogens is 216 g/mol. The minimum absolute atomic E-state index is 0.168. The molecule has 0 aliphatic heterocycles. The van der Waals surface area contributed by atoms with Crippen molar-refractivity contribution in [3.05, 3.63) is 11.0 Å². The molecule has 5 nitrogen and oxygen atoms in total. The highest BCUT2D eigenvalue weighted by Gasteiger charge is 2.12.